The van der Waals surface area contributed by atoms with E-state index in [0.29, 0.717) is 18.8 Å². The van der Waals surface area contributed by atoms with Crippen molar-refractivity contribution in [2.24, 2.45) is 11.8 Å². The van der Waals surface area contributed by atoms with Crippen LogP contribution in [0.4, 0.5) is 14.5 Å². The van der Waals surface area contributed by atoms with Gasteiger partial charge in [0.25, 0.3) is 5.91 Å². The molecule has 3 rings (SSSR count). The van der Waals surface area contributed by atoms with E-state index in [4.69, 9.17) is 4.74 Å². The third-order valence-corrected chi connectivity index (χ3v) is 7.07. The maximum absolute atomic E-state index is 13.1. The van der Waals surface area contributed by atoms with Gasteiger partial charge in [0.15, 0.2) is 6.61 Å². The van der Waals surface area contributed by atoms with Gasteiger partial charge in [-0.25, -0.2) is 13.2 Å². The van der Waals surface area contributed by atoms with E-state index < -0.39 is 35.1 Å². The zero-order valence-corrected chi connectivity index (χ0v) is 19.6. The normalized spacial score (nSPS) is 19.0. The van der Waals surface area contributed by atoms with Gasteiger partial charge in [-0.1, -0.05) is 19.9 Å². The molecule has 1 amide bonds. The van der Waals surface area contributed by atoms with Gasteiger partial charge in [-0.2, -0.15) is 13.1 Å². The molecule has 1 fully saturated rings. The summed E-state index contributed by atoms with van der Waals surface area (Å²) in [5.74, 6) is -1.11. The predicted molar refractivity (Wildman–Crippen MR) is 120 cm³/mol. The van der Waals surface area contributed by atoms with Gasteiger partial charge in [0.1, 0.15) is 5.75 Å². The van der Waals surface area contributed by atoms with Crippen molar-refractivity contribution >= 4 is 27.6 Å². The van der Waals surface area contributed by atoms with Crippen LogP contribution in [-0.2, 0) is 19.6 Å². The summed E-state index contributed by atoms with van der Waals surface area (Å²) in [6, 6.07) is 10.7. The van der Waals surface area contributed by atoms with Crippen LogP contribution in [0.15, 0.2) is 53.4 Å². The Labute approximate surface area is 196 Å². The van der Waals surface area contributed by atoms with Crippen molar-refractivity contribution in [3.8, 4) is 5.75 Å². The van der Waals surface area contributed by atoms with Crippen molar-refractivity contribution in [2.45, 2.75) is 31.8 Å². The molecule has 34 heavy (non-hydrogen) atoms. The summed E-state index contributed by atoms with van der Waals surface area (Å²) in [4.78, 5) is 24.5. The lowest BCUT2D eigenvalue weighted by Gasteiger charge is -2.34. The van der Waals surface area contributed by atoms with E-state index in [-0.39, 0.29) is 28.0 Å². The van der Waals surface area contributed by atoms with Crippen LogP contribution < -0.4 is 10.1 Å². The van der Waals surface area contributed by atoms with Crippen LogP contribution >= 0.6 is 0 Å². The highest BCUT2D eigenvalue weighted by Gasteiger charge is 2.32. The number of carbonyl (C=O) groups excluding carboxylic acids is 2. The summed E-state index contributed by atoms with van der Waals surface area (Å²) in [7, 11) is -3.78. The van der Waals surface area contributed by atoms with Crippen LogP contribution in [0, 0.1) is 11.8 Å². The van der Waals surface area contributed by atoms with Crippen LogP contribution in [0.3, 0.4) is 0 Å². The number of amides is 1. The third kappa shape index (κ3) is 6.73. The molecule has 8 nitrogen and oxygen atoms in total. The molecule has 0 aliphatic carbocycles. The average Bonchev–Trinajstić information content (AvgIpc) is 2.78. The molecule has 1 aliphatic heterocycles. The molecule has 0 saturated carbocycles. The lowest BCUT2D eigenvalue weighted by atomic mass is 9.94. The van der Waals surface area contributed by atoms with Crippen molar-refractivity contribution in [3.63, 3.8) is 0 Å². The molecule has 0 spiro atoms. The van der Waals surface area contributed by atoms with E-state index in [2.05, 4.69) is 10.1 Å². The Morgan fingerprint density at radius 2 is 1.74 bits per heavy atom. The fourth-order valence-corrected chi connectivity index (χ4v) is 5.59. The quantitative estimate of drug-likeness (QED) is 0.559. The first-order valence-electron chi connectivity index (χ1n) is 10.7. The van der Waals surface area contributed by atoms with Gasteiger partial charge in [0.05, 0.1) is 10.5 Å². The minimum absolute atomic E-state index is 0.000446. The van der Waals surface area contributed by atoms with E-state index in [1.807, 2.05) is 13.8 Å². The van der Waals surface area contributed by atoms with Crippen LogP contribution in [0.1, 0.15) is 30.6 Å². The van der Waals surface area contributed by atoms with E-state index in [9.17, 15) is 26.8 Å². The first-order chi connectivity index (χ1) is 16.0. The second-order valence-electron chi connectivity index (χ2n) is 8.32. The maximum Gasteiger partial charge on any atom is 0.387 e. The number of ether oxygens (including phenoxy) is 2. The second-order valence-corrected chi connectivity index (χ2v) is 10.3. The number of piperidine rings is 1. The number of sulfonamides is 1. The standard InChI is InChI=1S/C23H26F2N2O6S/c1-15-10-16(2)13-27(12-15)34(30,31)20-5-3-4-17(11-20)22(29)32-14-21(28)26-18-6-8-19(9-7-18)33-23(24)25/h3-9,11,15-16,23H,10,12-14H2,1-2H3,(H,26,28). The number of rotatable bonds is 8. The summed E-state index contributed by atoms with van der Waals surface area (Å²) in [6.45, 7) is 1.26. The zero-order valence-electron chi connectivity index (χ0n) is 18.7. The average molecular weight is 497 g/mol. The fraction of sp³-hybridized carbons (Fsp3) is 0.391. The summed E-state index contributed by atoms with van der Waals surface area (Å²) in [5, 5.41) is 2.45. The van der Waals surface area contributed by atoms with E-state index in [1.54, 1.807) is 0 Å². The number of hydrogen-bond acceptors (Lipinski definition) is 6. The number of hydrogen-bond donors (Lipinski definition) is 1. The van der Waals surface area contributed by atoms with Gasteiger partial charge in [0.2, 0.25) is 10.0 Å². The molecule has 0 bridgehead atoms. The number of carbonyl (C=O) groups is 2. The number of anilines is 1. The van der Waals surface area contributed by atoms with E-state index in [1.165, 1.54) is 52.8 Å². The molecule has 2 atom stereocenters. The molecule has 2 aromatic rings. The molecule has 0 aromatic heterocycles. The van der Waals surface area contributed by atoms with E-state index in [0.717, 1.165) is 6.42 Å². The smallest absolute Gasteiger partial charge is 0.387 e. The fourth-order valence-electron chi connectivity index (χ4n) is 3.87. The van der Waals surface area contributed by atoms with Gasteiger partial charge in [-0.3, -0.25) is 4.79 Å². The Morgan fingerprint density at radius 3 is 2.35 bits per heavy atom. The number of halogens is 2. The molecule has 1 saturated heterocycles. The van der Waals surface area contributed by atoms with Gasteiger partial charge < -0.3 is 14.8 Å². The first-order valence-corrected chi connectivity index (χ1v) is 12.1. The summed E-state index contributed by atoms with van der Waals surface area (Å²) < 4.78 is 61.2. The number of nitrogens with one attached hydrogen (secondary N) is 1. The SMILES string of the molecule is CC1CC(C)CN(S(=O)(=O)c2cccc(C(=O)OCC(=O)Nc3ccc(OC(F)F)cc3)c2)C1. The monoisotopic (exact) mass is 496 g/mol. The predicted octanol–water partition coefficient (Wildman–Crippen LogP) is 3.75. The third-order valence-electron chi connectivity index (χ3n) is 5.24. The minimum atomic E-state index is -3.78. The highest BCUT2D eigenvalue weighted by atomic mass is 32.2. The molecule has 2 aromatic carbocycles. The highest BCUT2D eigenvalue weighted by molar-refractivity contribution is 7.89. The Bertz CT molecular complexity index is 1110. The molecular weight excluding hydrogens is 470 g/mol. The molecule has 0 radical (unpaired) electrons. The molecule has 2 unspecified atom stereocenters. The summed E-state index contributed by atoms with van der Waals surface area (Å²) in [6.07, 6.45) is 0.952. The van der Waals surface area contributed by atoms with Crippen LogP contribution in [0.5, 0.6) is 5.75 Å². The van der Waals surface area contributed by atoms with Crippen LogP contribution in [0.25, 0.3) is 0 Å². The first kappa shape index (κ1) is 25.6. The van der Waals surface area contributed by atoms with Crippen LogP contribution in [-0.4, -0.2) is 50.9 Å². The summed E-state index contributed by atoms with van der Waals surface area (Å²) >= 11 is 0. The highest BCUT2D eigenvalue weighted by Crippen LogP contribution is 2.27. The minimum Gasteiger partial charge on any atom is -0.452 e. The summed E-state index contributed by atoms with van der Waals surface area (Å²) in [5.41, 5.74) is 0.293. The molecule has 11 heteroatoms. The maximum atomic E-state index is 13.1. The lowest BCUT2D eigenvalue weighted by molar-refractivity contribution is -0.119. The Balaban J connectivity index is 1.59. The van der Waals surface area contributed by atoms with Crippen molar-refractivity contribution in [3.05, 3.63) is 54.1 Å². The Hall–Kier alpha value is -3.05. The van der Waals surface area contributed by atoms with Crippen LogP contribution in [0.2, 0.25) is 0 Å². The second kappa shape index (κ2) is 10.9. The van der Waals surface area contributed by atoms with Crippen molar-refractivity contribution < 1.29 is 36.3 Å². The van der Waals surface area contributed by atoms with Crippen molar-refractivity contribution in [1.29, 1.82) is 0 Å². The van der Waals surface area contributed by atoms with Gasteiger partial charge in [0, 0.05) is 18.8 Å². The number of nitrogens with zero attached hydrogens (tertiary/aromatic N) is 1. The largest absolute Gasteiger partial charge is 0.452 e. The zero-order chi connectivity index (χ0) is 24.9. The lowest BCUT2D eigenvalue weighted by Crippen LogP contribution is -2.42. The Kier molecular flexibility index (Phi) is 8.21. The Morgan fingerprint density at radius 1 is 1.09 bits per heavy atom. The molecule has 1 heterocycles. The van der Waals surface area contributed by atoms with Crippen molar-refractivity contribution in [1.82, 2.24) is 4.31 Å². The molecule has 184 valence electrons. The number of esters is 1. The van der Waals surface area contributed by atoms with Gasteiger partial charge >= 0.3 is 12.6 Å². The van der Waals surface area contributed by atoms with Gasteiger partial charge in [-0.15, -0.1) is 0 Å². The topological polar surface area (TPSA) is 102 Å². The molecular formula is C23H26F2N2O6S. The molecule has 1 N–H and O–H groups in total. The van der Waals surface area contributed by atoms with E-state index >= 15 is 0 Å². The number of benzene rings is 2. The van der Waals surface area contributed by atoms with Gasteiger partial charge in [-0.05, 0) is 60.7 Å². The number of alkyl halides is 2. The van der Waals surface area contributed by atoms with Crippen molar-refractivity contribution in [2.75, 3.05) is 25.0 Å². The molecule has 1 aliphatic rings.